The summed E-state index contributed by atoms with van der Waals surface area (Å²) < 4.78 is 2.52. The summed E-state index contributed by atoms with van der Waals surface area (Å²) in [5, 5.41) is 0. The Balaban J connectivity index is 1.31. The predicted octanol–water partition coefficient (Wildman–Crippen LogP) is 5.10. The van der Waals surface area contributed by atoms with Gasteiger partial charge in [0.05, 0.1) is 16.8 Å². The van der Waals surface area contributed by atoms with Crippen molar-refractivity contribution in [1.82, 2.24) is 15.0 Å². The zero-order valence-corrected chi connectivity index (χ0v) is 20.3. The fourth-order valence-corrected chi connectivity index (χ4v) is 7.63. The lowest BCUT2D eigenvalue weighted by atomic mass is 9.89. The first kappa shape index (κ1) is 20.2. The molecule has 6 rings (SSSR count). The lowest BCUT2D eigenvalue weighted by molar-refractivity contribution is 0.569. The number of aromatic amines is 2. The largest absolute Gasteiger partial charge is 0.354 e. The van der Waals surface area contributed by atoms with Crippen molar-refractivity contribution in [3.63, 3.8) is 0 Å². The Morgan fingerprint density at radius 2 is 1.66 bits per heavy atom. The van der Waals surface area contributed by atoms with Crippen LogP contribution in [0.1, 0.15) is 11.1 Å². The fraction of sp³-hybridized carbons (Fsp3) is 0.0870. The summed E-state index contributed by atoms with van der Waals surface area (Å²) in [7, 11) is 0.246. The van der Waals surface area contributed by atoms with Crippen LogP contribution < -0.4 is 11.0 Å². The summed E-state index contributed by atoms with van der Waals surface area (Å²) in [5.41, 5.74) is 9.06. The molecule has 0 radical (unpaired) electrons. The summed E-state index contributed by atoms with van der Waals surface area (Å²) in [5.74, 6) is 0. The highest BCUT2D eigenvalue weighted by Gasteiger charge is 2.20. The third-order valence-corrected chi connectivity index (χ3v) is 9.40. The van der Waals surface area contributed by atoms with Gasteiger partial charge in [-0.2, -0.15) is 0 Å². The van der Waals surface area contributed by atoms with E-state index in [-0.39, 0.29) is 17.2 Å². The average Bonchev–Trinajstić information content (AvgIpc) is 3.55. The minimum atomic E-state index is 0.0631. The molecule has 0 saturated carbocycles. The van der Waals surface area contributed by atoms with E-state index in [0.717, 1.165) is 46.5 Å². The van der Waals surface area contributed by atoms with Gasteiger partial charge >= 0.3 is 0 Å². The lowest BCUT2D eigenvalue weighted by Crippen LogP contribution is -2.02. The number of carbonyl (C=O) groups is 2. The minimum Gasteiger partial charge on any atom is -0.354 e. The van der Waals surface area contributed by atoms with Gasteiger partial charge in [-0.3, -0.25) is 9.59 Å². The first-order chi connectivity index (χ1) is 15.7. The number of H-pyrrole nitrogens is 2. The van der Waals surface area contributed by atoms with E-state index in [1.54, 1.807) is 22.7 Å². The number of hydrogen-bond donors (Lipinski definition) is 2. The number of thiophene rings is 2. The maximum absolute atomic E-state index is 10.9. The van der Waals surface area contributed by atoms with Crippen molar-refractivity contribution in [3.05, 3.63) is 53.7 Å². The van der Waals surface area contributed by atoms with E-state index in [1.165, 1.54) is 42.2 Å². The summed E-state index contributed by atoms with van der Waals surface area (Å²) in [6, 6.07) is 15.2. The Morgan fingerprint density at radius 3 is 2.50 bits per heavy atom. The van der Waals surface area contributed by atoms with Gasteiger partial charge in [0.25, 0.3) is 0 Å². The summed E-state index contributed by atoms with van der Waals surface area (Å²) in [6.45, 7) is 0. The molecule has 9 heteroatoms. The first-order valence-electron chi connectivity index (χ1n) is 10.1. The molecular weight excluding hydrogens is 476 g/mol. The van der Waals surface area contributed by atoms with E-state index in [4.69, 9.17) is 0 Å². The molecule has 1 aliphatic carbocycles. The van der Waals surface area contributed by atoms with Crippen molar-refractivity contribution in [2.45, 2.75) is 12.8 Å². The molecule has 2 N–H and O–H groups in total. The number of fused-ring (bicyclic) bond motifs is 4. The van der Waals surface area contributed by atoms with Crippen LogP contribution in [-0.2, 0) is 22.4 Å². The van der Waals surface area contributed by atoms with Gasteiger partial charge < -0.3 is 9.97 Å². The van der Waals surface area contributed by atoms with Crippen LogP contribution in [0.2, 0.25) is 0 Å². The molecule has 0 saturated heterocycles. The number of aromatic nitrogens is 3. The first-order valence-corrected chi connectivity index (χ1v) is 13.9. The quantitative estimate of drug-likeness (QED) is 0.255. The Hall–Kier alpha value is -2.43. The van der Waals surface area contributed by atoms with Gasteiger partial charge in [-0.25, -0.2) is 4.98 Å². The van der Waals surface area contributed by atoms with Crippen LogP contribution in [0.3, 0.4) is 0 Å². The molecule has 0 spiro atoms. The molecule has 0 aliphatic heterocycles. The third-order valence-electron chi connectivity index (χ3n) is 5.68. The predicted molar refractivity (Wildman–Crippen MR) is 139 cm³/mol. The van der Waals surface area contributed by atoms with Crippen molar-refractivity contribution in [2.75, 3.05) is 0 Å². The Labute approximate surface area is 195 Å². The number of aryl methyl sites for hydroxylation is 2. The summed E-state index contributed by atoms with van der Waals surface area (Å²) in [4.78, 5) is 35.0. The topological polar surface area (TPSA) is 78.6 Å². The van der Waals surface area contributed by atoms with E-state index in [0.29, 0.717) is 0 Å². The van der Waals surface area contributed by atoms with E-state index >= 15 is 0 Å². The molecular formula is C23H17N3O2P2S2. The number of nitrogens with zero attached hydrogens (tertiary/aromatic N) is 1. The van der Waals surface area contributed by atoms with Gasteiger partial charge in [-0.1, -0.05) is 12.1 Å². The lowest BCUT2D eigenvalue weighted by Gasteiger charge is -2.17. The van der Waals surface area contributed by atoms with Gasteiger partial charge in [-0.05, 0) is 62.4 Å². The van der Waals surface area contributed by atoms with E-state index in [1.807, 2.05) is 6.20 Å². The summed E-state index contributed by atoms with van der Waals surface area (Å²) in [6.07, 6.45) is 3.83. The smallest absolute Gasteiger partial charge is 0.146 e. The number of nitrogens with one attached hydrogen (secondary N) is 2. The molecule has 0 bridgehead atoms. The molecule has 2 atom stereocenters. The molecule has 158 valence electrons. The minimum absolute atomic E-state index is 0.0631. The molecule has 32 heavy (non-hydrogen) atoms. The monoisotopic (exact) mass is 493 g/mol. The van der Waals surface area contributed by atoms with Crippen molar-refractivity contribution in [2.24, 2.45) is 0 Å². The number of rotatable bonds is 6. The van der Waals surface area contributed by atoms with Crippen molar-refractivity contribution in [3.8, 4) is 32.3 Å². The standard InChI is InChI=1S/C23H17N3O2P2S2/c27-10-29-21-6-14-2-1-12-5-13(3-4-15(12)22(14)26-21)17-7-19-20(31-17)8-18(32-19)16-9-24-23(25-16)30-11-28/h3-11,26,29-30H,1-2H2,(H,24,25). The highest BCUT2D eigenvalue weighted by Crippen LogP contribution is 2.42. The highest BCUT2D eigenvalue weighted by atomic mass is 32.1. The van der Waals surface area contributed by atoms with Gasteiger partial charge in [0.2, 0.25) is 0 Å². The van der Waals surface area contributed by atoms with Crippen molar-refractivity contribution in [1.29, 1.82) is 0 Å². The second-order valence-corrected chi connectivity index (χ2v) is 11.8. The van der Waals surface area contributed by atoms with Crippen LogP contribution >= 0.6 is 39.8 Å². The normalized spacial score (nSPS) is 13.4. The van der Waals surface area contributed by atoms with Gasteiger partial charge in [-0.15, -0.1) is 22.7 Å². The van der Waals surface area contributed by atoms with Crippen LogP contribution in [0.15, 0.2) is 42.6 Å². The van der Waals surface area contributed by atoms with E-state index in [9.17, 15) is 9.59 Å². The molecule has 0 fully saturated rings. The van der Waals surface area contributed by atoms with Crippen LogP contribution in [0.4, 0.5) is 0 Å². The fourth-order valence-electron chi connectivity index (χ4n) is 4.23. The maximum Gasteiger partial charge on any atom is 0.146 e. The summed E-state index contributed by atoms with van der Waals surface area (Å²) >= 11 is 3.55. The van der Waals surface area contributed by atoms with Crippen LogP contribution in [-0.4, -0.2) is 27.0 Å². The van der Waals surface area contributed by atoms with Crippen LogP contribution in [0.5, 0.6) is 0 Å². The molecule has 4 heterocycles. The van der Waals surface area contributed by atoms with Crippen molar-refractivity contribution >= 4 is 72.3 Å². The SMILES string of the molecule is O=CPc1cc2c([nH]1)-c1ccc(-c3cc4sc(-c5cnc(PC=O)[nH]5)cc4s3)cc1CC2. The number of hydrogen-bond acceptors (Lipinski definition) is 5. The molecule has 0 amide bonds. The van der Waals surface area contributed by atoms with Crippen LogP contribution in [0.25, 0.3) is 41.7 Å². The Morgan fingerprint density at radius 1 is 0.875 bits per heavy atom. The second kappa shape index (κ2) is 8.17. The van der Waals surface area contributed by atoms with E-state index in [2.05, 4.69) is 51.4 Å². The second-order valence-electron chi connectivity index (χ2n) is 7.57. The van der Waals surface area contributed by atoms with Crippen molar-refractivity contribution < 1.29 is 9.59 Å². The maximum atomic E-state index is 10.9. The highest BCUT2D eigenvalue weighted by molar-refractivity contribution is 7.62. The Bertz CT molecular complexity index is 1460. The van der Waals surface area contributed by atoms with Gasteiger partial charge in [0.15, 0.2) is 0 Å². The molecule has 4 aromatic heterocycles. The molecule has 2 unspecified atom stereocenters. The average molecular weight is 493 g/mol. The Kier molecular flexibility index (Phi) is 5.15. The number of imidazole rings is 1. The third kappa shape index (κ3) is 3.50. The number of benzene rings is 1. The van der Waals surface area contributed by atoms with Gasteiger partial charge in [0, 0.05) is 39.6 Å². The van der Waals surface area contributed by atoms with Gasteiger partial charge in [0.1, 0.15) is 17.6 Å². The zero-order chi connectivity index (χ0) is 21.7. The zero-order valence-electron chi connectivity index (χ0n) is 16.7. The van der Waals surface area contributed by atoms with E-state index < -0.39 is 0 Å². The molecule has 1 aromatic carbocycles. The van der Waals surface area contributed by atoms with Crippen LogP contribution in [0, 0.1) is 0 Å². The molecule has 5 aromatic rings. The number of carbonyl (C=O) groups excluding carboxylic acids is 2. The molecule has 1 aliphatic rings. The molecule has 5 nitrogen and oxygen atoms in total.